The van der Waals surface area contributed by atoms with Crippen molar-refractivity contribution < 1.29 is 14.7 Å². The lowest BCUT2D eigenvalue weighted by Crippen LogP contribution is -2.47. The number of piperidine rings is 1. The lowest BCUT2D eigenvalue weighted by Gasteiger charge is -2.32. The molecule has 3 N–H and O–H groups in total. The van der Waals surface area contributed by atoms with Crippen molar-refractivity contribution in [2.24, 2.45) is 5.92 Å². The van der Waals surface area contributed by atoms with Crippen molar-refractivity contribution in [3.63, 3.8) is 0 Å². The van der Waals surface area contributed by atoms with Crippen molar-refractivity contribution in [2.45, 2.75) is 25.7 Å². The quantitative estimate of drug-likeness (QED) is 0.605. The summed E-state index contributed by atoms with van der Waals surface area (Å²) in [6.07, 6.45) is 2.77. The molecule has 1 fully saturated rings. The monoisotopic (exact) mass is 257 g/mol. The lowest BCUT2D eigenvalue weighted by atomic mass is 9.98. The molecule has 1 saturated heterocycles. The predicted molar refractivity (Wildman–Crippen MR) is 68.5 cm³/mol. The number of rotatable bonds is 6. The fourth-order valence-electron chi connectivity index (χ4n) is 2.25. The van der Waals surface area contributed by atoms with E-state index in [0.717, 1.165) is 32.5 Å². The Morgan fingerprint density at radius 3 is 2.89 bits per heavy atom. The van der Waals surface area contributed by atoms with E-state index in [4.69, 9.17) is 5.11 Å². The molecule has 0 aromatic carbocycles. The summed E-state index contributed by atoms with van der Waals surface area (Å²) in [6.45, 7) is 2.94. The number of nitrogens with zero attached hydrogens (tertiary/aromatic N) is 1. The Morgan fingerprint density at radius 2 is 2.22 bits per heavy atom. The van der Waals surface area contributed by atoms with E-state index < -0.39 is 5.97 Å². The van der Waals surface area contributed by atoms with Gasteiger partial charge in [-0.1, -0.05) is 0 Å². The topological polar surface area (TPSA) is 81.7 Å². The van der Waals surface area contributed by atoms with Gasteiger partial charge >= 0.3 is 12.0 Å². The predicted octanol–water partition coefficient (Wildman–Crippen LogP) is 0.492. The van der Waals surface area contributed by atoms with Gasteiger partial charge in [0.2, 0.25) is 0 Å². The molecule has 1 aliphatic rings. The molecular weight excluding hydrogens is 234 g/mol. The lowest BCUT2D eigenvalue weighted by molar-refractivity contribution is -0.137. The number of aliphatic carboxylic acids is 1. The van der Waals surface area contributed by atoms with E-state index >= 15 is 0 Å². The molecule has 0 aromatic heterocycles. The van der Waals surface area contributed by atoms with Crippen molar-refractivity contribution >= 4 is 12.0 Å². The molecule has 6 nitrogen and oxygen atoms in total. The number of hydrogen-bond donors (Lipinski definition) is 3. The van der Waals surface area contributed by atoms with Crippen LogP contribution in [0.15, 0.2) is 0 Å². The Morgan fingerprint density at radius 1 is 1.44 bits per heavy atom. The number of likely N-dealkylation sites (tertiary alicyclic amines) is 1. The van der Waals surface area contributed by atoms with Crippen molar-refractivity contribution in [1.29, 1.82) is 0 Å². The third-order valence-corrected chi connectivity index (χ3v) is 3.14. The maximum Gasteiger partial charge on any atom is 0.317 e. The average molecular weight is 257 g/mol. The number of urea groups is 1. The summed E-state index contributed by atoms with van der Waals surface area (Å²) in [4.78, 5) is 24.0. The fourth-order valence-corrected chi connectivity index (χ4v) is 2.25. The molecule has 6 heteroatoms. The Bertz CT molecular complexity index is 282. The smallest absolute Gasteiger partial charge is 0.317 e. The van der Waals surface area contributed by atoms with Crippen LogP contribution in [-0.4, -0.2) is 55.2 Å². The van der Waals surface area contributed by atoms with Crippen LogP contribution >= 0.6 is 0 Å². The average Bonchev–Trinajstić information content (AvgIpc) is 2.35. The maximum atomic E-state index is 11.8. The van der Waals surface area contributed by atoms with Crippen molar-refractivity contribution in [3.8, 4) is 0 Å². The van der Waals surface area contributed by atoms with Gasteiger partial charge in [-0.25, -0.2) is 4.79 Å². The number of carbonyl (C=O) groups is 2. The molecule has 1 unspecified atom stereocenters. The molecule has 1 heterocycles. The van der Waals surface area contributed by atoms with Crippen LogP contribution in [-0.2, 0) is 4.79 Å². The van der Waals surface area contributed by atoms with Crippen LogP contribution in [0.4, 0.5) is 4.79 Å². The van der Waals surface area contributed by atoms with E-state index in [1.807, 2.05) is 11.9 Å². The molecule has 18 heavy (non-hydrogen) atoms. The SMILES string of the molecule is CNCC1CCCN(C(=O)NCCCC(=O)O)C1. The van der Waals surface area contributed by atoms with E-state index in [1.54, 1.807) is 0 Å². The molecule has 0 spiro atoms. The highest BCUT2D eigenvalue weighted by Gasteiger charge is 2.22. The van der Waals surface area contributed by atoms with Crippen molar-refractivity contribution in [1.82, 2.24) is 15.5 Å². The first-order valence-electron chi connectivity index (χ1n) is 6.52. The van der Waals surface area contributed by atoms with E-state index in [1.165, 1.54) is 0 Å². The molecule has 0 bridgehead atoms. The van der Waals surface area contributed by atoms with Crippen LogP contribution in [0.5, 0.6) is 0 Å². The summed E-state index contributed by atoms with van der Waals surface area (Å²) in [7, 11) is 1.92. The van der Waals surface area contributed by atoms with Gasteiger partial charge in [0, 0.05) is 26.1 Å². The van der Waals surface area contributed by atoms with Gasteiger partial charge in [0.05, 0.1) is 0 Å². The summed E-state index contributed by atoms with van der Waals surface area (Å²) in [6, 6.07) is -0.0683. The highest BCUT2D eigenvalue weighted by Crippen LogP contribution is 2.15. The second-order valence-corrected chi connectivity index (χ2v) is 4.74. The standard InChI is InChI=1S/C12H23N3O3/c1-13-8-10-4-3-7-15(9-10)12(18)14-6-2-5-11(16)17/h10,13H,2-9H2,1H3,(H,14,18)(H,16,17). The van der Waals surface area contributed by atoms with Gasteiger partial charge in [0.15, 0.2) is 0 Å². The van der Waals surface area contributed by atoms with Crippen molar-refractivity contribution in [3.05, 3.63) is 0 Å². The number of hydrogen-bond acceptors (Lipinski definition) is 3. The Kier molecular flexibility index (Phi) is 6.49. The van der Waals surface area contributed by atoms with Gasteiger partial charge in [0.25, 0.3) is 0 Å². The molecule has 104 valence electrons. The summed E-state index contributed by atoms with van der Waals surface area (Å²) < 4.78 is 0. The van der Waals surface area contributed by atoms with Gasteiger partial charge in [-0.15, -0.1) is 0 Å². The first kappa shape index (κ1) is 14.8. The highest BCUT2D eigenvalue weighted by atomic mass is 16.4. The highest BCUT2D eigenvalue weighted by molar-refractivity contribution is 5.74. The van der Waals surface area contributed by atoms with E-state index in [0.29, 0.717) is 18.9 Å². The van der Waals surface area contributed by atoms with E-state index in [2.05, 4.69) is 10.6 Å². The first-order chi connectivity index (χ1) is 8.63. The number of carbonyl (C=O) groups excluding carboxylic acids is 1. The Balaban J connectivity index is 2.21. The summed E-state index contributed by atoms with van der Waals surface area (Å²) in [5.41, 5.74) is 0. The van der Waals surface area contributed by atoms with Crippen LogP contribution in [0, 0.1) is 5.92 Å². The minimum Gasteiger partial charge on any atom is -0.481 e. The molecule has 1 atom stereocenters. The van der Waals surface area contributed by atoms with Crippen LogP contribution in [0.1, 0.15) is 25.7 Å². The zero-order chi connectivity index (χ0) is 13.4. The van der Waals surface area contributed by atoms with Gasteiger partial charge < -0.3 is 20.6 Å². The maximum absolute atomic E-state index is 11.8. The third kappa shape index (κ3) is 5.35. The second-order valence-electron chi connectivity index (χ2n) is 4.74. The minimum absolute atomic E-state index is 0.0683. The van der Waals surface area contributed by atoms with Gasteiger partial charge in [0.1, 0.15) is 0 Å². The molecule has 0 saturated carbocycles. The second kappa shape index (κ2) is 7.92. The number of carboxylic acid groups (broad SMARTS) is 1. The molecule has 2 amide bonds. The van der Waals surface area contributed by atoms with Gasteiger partial charge in [-0.3, -0.25) is 4.79 Å². The Hall–Kier alpha value is -1.30. The third-order valence-electron chi connectivity index (χ3n) is 3.14. The summed E-state index contributed by atoms with van der Waals surface area (Å²) >= 11 is 0. The van der Waals surface area contributed by atoms with Crippen molar-refractivity contribution in [2.75, 3.05) is 33.2 Å². The number of nitrogens with one attached hydrogen (secondary N) is 2. The molecule has 1 aliphatic heterocycles. The summed E-state index contributed by atoms with van der Waals surface area (Å²) in [5.74, 6) is -0.301. The van der Waals surface area contributed by atoms with Crippen LogP contribution in [0.25, 0.3) is 0 Å². The molecule has 0 radical (unpaired) electrons. The molecule has 0 aliphatic carbocycles. The van der Waals surface area contributed by atoms with Crippen LogP contribution in [0.3, 0.4) is 0 Å². The van der Waals surface area contributed by atoms with Gasteiger partial charge in [-0.2, -0.15) is 0 Å². The summed E-state index contributed by atoms with van der Waals surface area (Å²) in [5, 5.41) is 14.4. The zero-order valence-electron chi connectivity index (χ0n) is 10.9. The largest absolute Gasteiger partial charge is 0.481 e. The molecule has 1 rings (SSSR count). The zero-order valence-corrected chi connectivity index (χ0v) is 10.9. The molecule has 0 aromatic rings. The minimum atomic E-state index is -0.823. The number of carboxylic acids is 1. The van der Waals surface area contributed by atoms with Gasteiger partial charge in [-0.05, 0) is 38.8 Å². The van der Waals surface area contributed by atoms with E-state index in [-0.39, 0.29) is 12.5 Å². The number of amides is 2. The van der Waals surface area contributed by atoms with Crippen LogP contribution in [0.2, 0.25) is 0 Å². The first-order valence-corrected chi connectivity index (χ1v) is 6.52. The van der Waals surface area contributed by atoms with Crippen LogP contribution < -0.4 is 10.6 Å². The normalized spacial score (nSPS) is 19.6. The Labute approximate surface area is 108 Å². The molecular formula is C12H23N3O3. The van der Waals surface area contributed by atoms with E-state index in [9.17, 15) is 9.59 Å². The fraction of sp³-hybridized carbons (Fsp3) is 0.833.